The molecule has 0 N–H and O–H groups in total. The van der Waals surface area contributed by atoms with Gasteiger partial charge in [-0.25, -0.2) is 19.4 Å². The number of fused-ring (bicyclic) bond motifs is 1. The van der Waals surface area contributed by atoms with Crippen molar-refractivity contribution in [2.75, 3.05) is 0 Å². The topological polar surface area (TPSA) is 83.0 Å². The molecule has 0 unspecified atom stereocenters. The third-order valence-electron chi connectivity index (χ3n) is 4.52. The van der Waals surface area contributed by atoms with Gasteiger partial charge in [-0.2, -0.15) is 5.10 Å². The number of carbonyl (C=O) groups is 1. The van der Waals surface area contributed by atoms with E-state index in [4.69, 9.17) is 14.1 Å². The van der Waals surface area contributed by atoms with Crippen LogP contribution in [0.5, 0.6) is 0 Å². The standard InChI is InChI=1S/C21H22N4O3S/c1-12(2)17-8-15(16-9-22-25(13(3)4)19(16)24-17)21(26)28-11-14-10-27-20(23-14)18-6-5-7-29-18/h5-10,12-13H,11H2,1-4H3. The maximum absolute atomic E-state index is 12.9. The summed E-state index contributed by atoms with van der Waals surface area (Å²) >= 11 is 1.54. The summed E-state index contributed by atoms with van der Waals surface area (Å²) in [6, 6.07) is 5.79. The van der Waals surface area contributed by atoms with Crippen molar-refractivity contribution < 1.29 is 13.9 Å². The lowest BCUT2D eigenvalue weighted by molar-refractivity contribution is 0.0470. The van der Waals surface area contributed by atoms with Crippen molar-refractivity contribution in [3.05, 3.63) is 53.0 Å². The SMILES string of the molecule is CC(C)c1cc(C(=O)OCc2coc(-c3cccs3)n2)c2cnn(C(C)C)c2n1. The average molecular weight is 410 g/mol. The zero-order valence-electron chi connectivity index (χ0n) is 16.7. The van der Waals surface area contributed by atoms with Crippen molar-refractivity contribution in [2.45, 2.75) is 46.3 Å². The smallest absolute Gasteiger partial charge is 0.339 e. The fourth-order valence-electron chi connectivity index (χ4n) is 2.98. The van der Waals surface area contributed by atoms with Gasteiger partial charge in [0.25, 0.3) is 0 Å². The lowest BCUT2D eigenvalue weighted by Crippen LogP contribution is -2.10. The van der Waals surface area contributed by atoms with E-state index in [2.05, 4.69) is 10.1 Å². The zero-order valence-corrected chi connectivity index (χ0v) is 17.6. The molecule has 4 aromatic heterocycles. The van der Waals surface area contributed by atoms with Gasteiger partial charge in [0.1, 0.15) is 18.6 Å². The minimum absolute atomic E-state index is 0.0346. The van der Waals surface area contributed by atoms with Gasteiger partial charge in [0.15, 0.2) is 5.65 Å². The highest BCUT2D eigenvalue weighted by Crippen LogP contribution is 2.26. The molecule has 4 rings (SSSR count). The molecule has 4 heterocycles. The molecule has 0 aliphatic carbocycles. The molecular formula is C21H22N4O3S. The Morgan fingerprint density at radius 3 is 2.79 bits per heavy atom. The molecule has 0 atom stereocenters. The zero-order chi connectivity index (χ0) is 20.5. The highest BCUT2D eigenvalue weighted by molar-refractivity contribution is 7.13. The van der Waals surface area contributed by atoms with E-state index in [9.17, 15) is 4.79 Å². The van der Waals surface area contributed by atoms with Gasteiger partial charge < -0.3 is 9.15 Å². The van der Waals surface area contributed by atoms with Gasteiger partial charge in [0, 0.05) is 11.7 Å². The number of ether oxygens (including phenoxy) is 1. The van der Waals surface area contributed by atoms with Gasteiger partial charge in [-0.1, -0.05) is 19.9 Å². The quantitative estimate of drug-likeness (QED) is 0.406. The fraction of sp³-hybridized carbons (Fsp3) is 0.333. The van der Waals surface area contributed by atoms with Crippen LogP contribution in [0.1, 0.15) is 61.4 Å². The van der Waals surface area contributed by atoms with Crippen LogP contribution in [0.15, 0.2) is 40.5 Å². The number of rotatable bonds is 6. The maximum Gasteiger partial charge on any atom is 0.339 e. The predicted molar refractivity (Wildman–Crippen MR) is 111 cm³/mol. The molecule has 0 spiro atoms. The molecule has 0 fully saturated rings. The fourth-order valence-corrected chi connectivity index (χ4v) is 3.64. The number of hydrogen-bond acceptors (Lipinski definition) is 7. The summed E-state index contributed by atoms with van der Waals surface area (Å²) in [7, 11) is 0. The van der Waals surface area contributed by atoms with E-state index < -0.39 is 5.97 Å². The molecule has 0 aliphatic rings. The molecule has 0 amide bonds. The Balaban J connectivity index is 1.59. The van der Waals surface area contributed by atoms with E-state index >= 15 is 0 Å². The number of aromatic nitrogens is 4. The first-order valence-electron chi connectivity index (χ1n) is 9.47. The van der Waals surface area contributed by atoms with Gasteiger partial charge in [0.2, 0.25) is 5.89 Å². The molecule has 0 aliphatic heterocycles. The second-order valence-electron chi connectivity index (χ2n) is 7.37. The van der Waals surface area contributed by atoms with E-state index in [1.807, 2.05) is 49.9 Å². The Morgan fingerprint density at radius 2 is 2.10 bits per heavy atom. The summed E-state index contributed by atoms with van der Waals surface area (Å²) in [6.07, 6.45) is 3.19. The van der Waals surface area contributed by atoms with Crippen molar-refractivity contribution in [3.8, 4) is 10.8 Å². The van der Waals surface area contributed by atoms with Crippen LogP contribution < -0.4 is 0 Å². The van der Waals surface area contributed by atoms with Gasteiger partial charge in [-0.05, 0) is 37.3 Å². The van der Waals surface area contributed by atoms with E-state index in [-0.39, 0.29) is 18.6 Å². The average Bonchev–Trinajstić information content (AvgIpc) is 3.44. The number of pyridine rings is 1. The summed E-state index contributed by atoms with van der Waals surface area (Å²) in [4.78, 5) is 22.9. The number of oxazole rings is 1. The van der Waals surface area contributed by atoms with E-state index in [0.29, 0.717) is 28.2 Å². The Morgan fingerprint density at radius 1 is 1.28 bits per heavy atom. The van der Waals surface area contributed by atoms with E-state index in [0.717, 1.165) is 10.6 Å². The van der Waals surface area contributed by atoms with Gasteiger partial charge in [0.05, 0.1) is 22.0 Å². The van der Waals surface area contributed by atoms with Crippen LogP contribution >= 0.6 is 11.3 Å². The first-order valence-corrected chi connectivity index (χ1v) is 10.4. The van der Waals surface area contributed by atoms with Crippen LogP contribution in [0.4, 0.5) is 0 Å². The number of hydrogen-bond donors (Lipinski definition) is 0. The summed E-state index contributed by atoms with van der Waals surface area (Å²) in [5.74, 6) is 0.270. The van der Waals surface area contributed by atoms with Crippen molar-refractivity contribution in [3.63, 3.8) is 0 Å². The van der Waals surface area contributed by atoms with Gasteiger partial charge >= 0.3 is 5.97 Å². The molecule has 0 aromatic carbocycles. The van der Waals surface area contributed by atoms with Gasteiger partial charge in [-0.15, -0.1) is 11.3 Å². The molecular weight excluding hydrogens is 388 g/mol. The molecule has 29 heavy (non-hydrogen) atoms. The van der Waals surface area contributed by atoms with Crippen LogP contribution in [0.25, 0.3) is 21.8 Å². The van der Waals surface area contributed by atoms with Crippen molar-refractivity contribution in [2.24, 2.45) is 0 Å². The third-order valence-corrected chi connectivity index (χ3v) is 5.38. The molecule has 4 aromatic rings. The third kappa shape index (κ3) is 3.80. The molecule has 8 heteroatoms. The second-order valence-corrected chi connectivity index (χ2v) is 8.31. The summed E-state index contributed by atoms with van der Waals surface area (Å²) in [5.41, 5.74) is 2.55. The first kappa shape index (κ1) is 19.3. The number of nitrogens with zero attached hydrogens (tertiary/aromatic N) is 4. The van der Waals surface area contributed by atoms with Crippen LogP contribution in [-0.2, 0) is 11.3 Å². The van der Waals surface area contributed by atoms with E-state index in [1.54, 1.807) is 23.6 Å². The number of carbonyl (C=O) groups excluding carboxylic acids is 1. The molecule has 0 radical (unpaired) electrons. The van der Waals surface area contributed by atoms with Gasteiger partial charge in [-0.3, -0.25) is 0 Å². The second kappa shape index (κ2) is 7.79. The monoisotopic (exact) mass is 410 g/mol. The van der Waals surface area contributed by atoms with Crippen LogP contribution in [0.2, 0.25) is 0 Å². The van der Waals surface area contributed by atoms with Crippen LogP contribution in [0, 0.1) is 0 Å². The van der Waals surface area contributed by atoms with Crippen molar-refractivity contribution in [1.82, 2.24) is 19.7 Å². The summed E-state index contributed by atoms with van der Waals surface area (Å²) in [6.45, 7) is 8.18. The summed E-state index contributed by atoms with van der Waals surface area (Å²) in [5, 5.41) is 7.05. The largest absolute Gasteiger partial charge is 0.455 e. The highest BCUT2D eigenvalue weighted by Gasteiger charge is 2.20. The van der Waals surface area contributed by atoms with Crippen LogP contribution in [0.3, 0.4) is 0 Å². The first-order chi connectivity index (χ1) is 13.9. The maximum atomic E-state index is 12.9. The molecule has 0 saturated heterocycles. The van der Waals surface area contributed by atoms with Crippen molar-refractivity contribution in [1.29, 1.82) is 0 Å². The molecule has 150 valence electrons. The predicted octanol–water partition coefficient (Wildman–Crippen LogP) is 5.21. The Kier molecular flexibility index (Phi) is 5.19. The summed E-state index contributed by atoms with van der Waals surface area (Å²) < 4.78 is 12.8. The van der Waals surface area contributed by atoms with E-state index in [1.165, 1.54) is 6.26 Å². The normalized spacial score (nSPS) is 11.7. The number of thiophene rings is 1. The Hall–Kier alpha value is -3.00. The molecule has 7 nitrogen and oxygen atoms in total. The van der Waals surface area contributed by atoms with Crippen molar-refractivity contribution >= 4 is 28.3 Å². The highest BCUT2D eigenvalue weighted by atomic mass is 32.1. The Labute approximate surface area is 172 Å². The lowest BCUT2D eigenvalue weighted by Gasteiger charge is -2.11. The Bertz CT molecular complexity index is 1140. The minimum Gasteiger partial charge on any atom is -0.455 e. The molecule has 0 saturated carbocycles. The minimum atomic E-state index is -0.428. The van der Waals surface area contributed by atoms with Crippen LogP contribution in [-0.4, -0.2) is 25.7 Å². The molecule has 0 bridgehead atoms. The lowest BCUT2D eigenvalue weighted by atomic mass is 10.1. The number of esters is 1.